The summed E-state index contributed by atoms with van der Waals surface area (Å²) in [5.74, 6) is -0.478. The molecule has 2 aromatic rings. The monoisotopic (exact) mass is 246 g/mol. The van der Waals surface area contributed by atoms with Gasteiger partial charge in [-0.25, -0.2) is 9.78 Å². The van der Waals surface area contributed by atoms with Crippen molar-refractivity contribution in [1.29, 1.82) is 0 Å². The Morgan fingerprint density at radius 1 is 1.35 bits per heavy atom. The maximum atomic E-state index is 11.0. The minimum Gasteiger partial charge on any atom is -0.478 e. The number of carboxylic acid groups (broad SMARTS) is 1. The van der Waals surface area contributed by atoms with Crippen LogP contribution in [0.4, 0.5) is 0 Å². The average molecular weight is 246 g/mol. The molecule has 0 unspecified atom stereocenters. The first-order valence-electron chi connectivity index (χ1n) is 4.99. The maximum absolute atomic E-state index is 11.0. The number of aryl methyl sites for hydroxylation is 1. The number of aromatic nitrogens is 2. The highest BCUT2D eigenvalue weighted by molar-refractivity contribution is 7.71. The number of aromatic amines is 1. The second-order valence-electron chi connectivity index (χ2n) is 3.56. The standard InChI is InChI=1S/C12H10N2O2S/c1-7-9(12(15)16)11(17)14-10(13-7)8-5-3-2-4-6-8/h2-6H,1H3,(H,15,16)(H,13,14,17). The van der Waals surface area contributed by atoms with E-state index >= 15 is 0 Å². The van der Waals surface area contributed by atoms with E-state index in [-0.39, 0.29) is 10.2 Å². The first-order chi connectivity index (χ1) is 8.09. The van der Waals surface area contributed by atoms with Crippen LogP contribution in [0.3, 0.4) is 0 Å². The normalized spacial score (nSPS) is 10.2. The van der Waals surface area contributed by atoms with Crippen molar-refractivity contribution >= 4 is 18.2 Å². The lowest BCUT2D eigenvalue weighted by Crippen LogP contribution is -2.06. The van der Waals surface area contributed by atoms with Crippen LogP contribution in [0.15, 0.2) is 30.3 Å². The van der Waals surface area contributed by atoms with Crippen molar-refractivity contribution in [2.75, 3.05) is 0 Å². The van der Waals surface area contributed by atoms with Crippen LogP contribution in [0, 0.1) is 11.6 Å². The summed E-state index contributed by atoms with van der Waals surface area (Å²) in [4.78, 5) is 18.0. The van der Waals surface area contributed by atoms with Gasteiger partial charge in [0.05, 0.1) is 0 Å². The van der Waals surface area contributed by atoms with Gasteiger partial charge in [-0.1, -0.05) is 42.5 Å². The van der Waals surface area contributed by atoms with Crippen LogP contribution >= 0.6 is 12.2 Å². The minimum absolute atomic E-state index is 0.0553. The number of rotatable bonds is 2. The summed E-state index contributed by atoms with van der Waals surface area (Å²) in [6.07, 6.45) is 0. The fraction of sp³-hybridized carbons (Fsp3) is 0.0833. The Labute approximate surface area is 103 Å². The summed E-state index contributed by atoms with van der Waals surface area (Å²) >= 11 is 4.99. The van der Waals surface area contributed by atoms with Gasteiger partial charge >= 0.3 is 5.97 Å². The molecule has 4 nitrogen and oxygen atoms in total. The quantitative estimate of drug-likeness (QED) is 0.800. The number of nitrogens with zero attached hydrogens (tertiary/aromatic N) is 1. The Morgan fingerprint density at radius 3 is 2.53 bits per heavy atom. The Morgan fingerprint density at radius 2 is 2.00 bits per heavy atom. The van der Waals surface area contributed by atoms with E-state index in [1.54, 1.807) is 6.92 Å². The molecule has 0 aliphatic heterocycles. The number of H-pyrrole nitrogens is 1. The molecule has 17 heavy (non-hydrogen) atoms. The van der Waals surface area contributed by atoms with Crippen LogP contribution < -0.4 is 0 Å². The Kier molecular flexibility index (Phi) is 3.01. The molecular weight excluding hydrogens is 236 g/mol. The molecule has 86 valence electrons. The first-order valence-corrected chi connectivity index (χ1v) is 5.40. The molecule has 0 fully saturated rings. The number of carboxylic acids is 1. The molecule has 0 saturated carbocycles. The molecule has 0 spiro atoms. The topological polar surface area (TPSA) is 66.0 Å². The molecule has 2 N–H and O–H groups in total. The van der Waals surface area contributed by atoms with Gasteiger partial charge in [0.15, 0.2) is 0 Å². The number of aromatic carboxylic acids is 1. The van der Waals surface area contributed by atoms with Gasteiger partial charge in [0.1, 0.15) is 16.0 Å². The van der Waals surface area contributed by atoms with Crippen molar-refractivity contribution in [3.8, 4) is 11.4 Å². The van der Waals surface area contributed by atoms with Crippen molar-refractivity contribution in [3.05, 3.63) is 46.2 Å². The number of hydrogen-bond acceptors (Lipinski definition) is 3. The zero-order valence-corrected chi connectivity index (χ0v) is 9.91. The van der Waals surface area contributed by atoms with Crippen LogP contribution in [0.1, 0.15) is 16.1 Å². The maximum Gasteiger partial charge on any atom is 0.340 e. The first kappa shape index (κ1) is 11.5. The van der Waals surface area contributed by atoms with Gasteiger partial charge in [0.25, 0.3) is 0 Å². The number of carbonyl (C=O) groups is 1. The lowest BCUT2D eigenvalue weighted by atomic mass is 10.2. The third kappa shape index (κ3) is 2.24. The highest BCUT2D eigenvalue weighted by Crippen LogP contribution is 2.16. The van der Waals surface area contributed by atoms with Crippen molar-refractivity contribution in [2.45, 2.75) is 6.92 Å². The summed E-state index contributed by atoms with van der Waals surface area (Å²) in [5.41, 5.74) is 1.44. The van der Waals surface area contributed by atoms with Gasteiger partial charge in [-0.15, -0.1) is 0 Å². The Hall–Kier alpha value is -2.01. The predicted octanol–water partition coefficient (Wildman–Crippen LogP) is 2.81. The second kappa shape index (κ2) is 4.47. The smallest absolute Gasteiger partial charge is 0.340 e. The minimum atomic E-state index is -1.06. The Bertz CT molecular complexity index is 620. The van der Waals surface area contributed by atoms with Gasteiger partial charge in [-0.05, 0) is 6.92 Å². The molecule has 1 aromatic heterocycles. The molecule has 0 saturated heterocycles. The van der Waals surface area contributed by atoms with Gasteiger partial charge in [-0.2, -0.15) is 0 Å². The molecule has 0 aliphatic carbocycles. The van der Waals surface area contributed by atoms with E-state index in [2.05, 4.69) is 9.97 Å². The number of hydrogen-bond donors (Lipinski definition) is 2. The van der Waals surface area contributed by atoms with Crippen molar-refractivity contribution in [2.24, 2.45) is 0 Å². The molecule has 0 aliphatic rings. The molecule has 0 atom stereocenters. The van der Waals surface area contributed by atoms with Crippen molar-refractivity contribution < 1.29 is 9.90 Å². The van der Waals surface area contributed by atoms with Crippen LogP contribution in [0.25, 0.3) is 11.4 Å². The zero-order chi connectivity index (χ0) is 12.4. The fourth-order valence-corrected chi connectivity index (χ4v) is 1.90. The van der Waals surface area contributed by atoms with E-state index in [4.69, 9.17) is 17.3 Å². The van der Waals surface area contributed by atoms with Crippen LogP contribution in [-0.4, -0.2) is 21.0 Å². The molecule has 0 bridgehead atoms. The Balaban J connectivity index is 2.62. The van der Waals surface area contributed by atoms with Crippen molar-refractivity contribution in [3.63, 3.8) is 0 Å². The van der Waals surface area contributed by atoms with Crippen LogP contribution in [-0.2, 0) is 0 Å². The zero-order valence-electron chi connectivity index (χ0n) is 9.10. The highest BCUT2D eigenvalue weighted by Gasteiger charge is 2.12. The lowest BCUT2D eigenvalue weighted by molar-refractivity contribution is 0.0694. The number of benzene rings is 1. The SMILES string of the molecule is Cc1[nH]c(-c2ccccc2)nc(=S)c1C(=O)O. The van der Waals surface area contributed by atoms with E-state index in [0.717, 1.165) is 5.56 Å². The van der Waals surface area contributed by atoms with E-state index in [1.165, 1.54) is 0 Å². The third-order valence-corrected chi connectivity index (χ3v) is 2.66. The van der Waals surface area contributed by atoms with E-state index < -0.39 is 5.97 Å². The third-order valence-electron chi connectivity index (χ3n) is 2.37. The van der Waals surface area contributed by atoms with Gasteiger partial charge in [-0.3, -0.25) is 0 Å². The van der Waals surface area contributed by atoms with Gasteiger partial charge < -0.3 is 10.1 Å². The van der Waals surface area contributed by atoms with Crippen LogP contribution in [0.5, 0.6) is 0 Å². The van der Waals surface area contributed by atoms with Gasteiger partial charge in [0, 0.05) is 11.3 Å². The van der Waals surface area contributed by atoms with E-state index in [1.807, 2.05) is 30.3 Å². The predicted molar refractivity (Wildman–Crippen MR) is 66.6 cm³/mol. The summed E-state index contributed by atoms with van der Waals surface area (Å²) in [6, 6.07) is 9.43. The largest absolute Gasteiger partial charge is 0.478 e. The molecule has 1 aromatic carbocycles. The average Bonchev–Trinajstić information content (AvgIpc) is 2.28. The summed E-state index contributed by atoms with van der Waals surface area (Å²) < 4.78 is 0.104. The molecule has 5 heteroatoms. The van der Waals surface area contributed by atoms with Gasteiger partial charge in [0.2, 0.25) is 0 Å². The summed E-state index contributed by atoms with van der Waals surface area (Å²) in [6.45, 7) is 1.67. The number of nitrogens with one attached hydrogen (secondary N) is 1. The summed E-state index contributed by atoms with van der Waals surface area (Å²) in [7, 11) is 0. The molecule has 2 rings (SSSR count). The lowest BCUT2D eigenvalue weighted by Gasteiger charge is -2.05. The van der Waals surface area contributed by atoms with E-state index in [9.17, 15) is 4.79 Å². The fourth-order valence-electron chi connectivity index (χ4n) is 1.57. The van der Waals surface area contributed by atoms with E-state index in [0.29, 0.717) is 11.5 Å². The molecular formula is C12H10N2O2S. The highest BCUT2D eigenvalue weighted by atomic mass is 32.1. The summed E-state index contributed by atoms with van der Waals surface area (Å²) in [5, 5.41) is 8.98. The molecule has 0 amide bonds. The molecule has 0 radical (unpaired) electrons. The van der Waals surface area contributed by atoms with Crippen molar-refractivity contribution in [1.82, 2.24) is 9.97 Å². The second-order valence-corrected chi connectivity index (χ2v) is 3.95. The molecule has 1 heterocycles. The van der Waals surface area contributed by atoms with Crippen LogP contribution in [0.2, 0.25) is 0 Å².